The van der Waals surface area contributed by atoms with Crippen molar-refractivity contribution in [3.05, 3.63) is 59.7 Å². The molecule has 0 aliphatic carbocycles. The highest BCUT2D eigenvalue weighted by atomic mass is 35.5. The first-order valence-corrected chi connectivity index (χ1v) is 13.5. The molecule has 8 nitrogen and oxygen atoms in total. The van der Waals surface area contributed by atoms with E-state index in [0.717, 1.165) is 71.7 Å². The van der Waals surface area contributed by atoms with E-state index in [1.165, 1.54) is 0 Å². The van der Waals surface area contributed by atoms with Crippen LogP contribution in [0.2, 0.25) is 0 Å². The van der Waals surface area contributed by atoms with Crippen LogP contribution in [0.5, 0.6) is 0 Å². The lowest BCUT2D eigenvalue weighted by molar-refractivity contribution is 0.400. The average molecular weight is 624 g/mol. The third kappa shape index (κ3) is 11.1. The Hall–Kier alpha value is -2.60. The number of thiocarbonyl (C=S) groups is 2. The lowest BCUT2D eigenvalue weighted by Gasteiger charge is -2.13. The van der Waals surface area contributed by atoms with Gasteiger partial charge in [-0.2, -0.15) is 10.2 Å². The molecule has 0 aliphatic rings. The Morgan fingerprint density at radius 1 is 0.650 bits per heavy atom. The second-order valence-electron chi connectivity index (χ2n) is 9.48. The topological polar surface area (TPSA) is 79.3 Å². The third-order valence-corrected chi connectivity index (χ3v) is 6.34. The van der Waals surface area contributed by atoms with E-state index >= 15 is 0 Å². The van der Waals surface area contributed by atoms with Crippen molar-refractivity contribution < 1.29 is 0 Å². The maximum absolute atomic E-state index is 5.38. The molecule has 0 fully saturated rings. The van der Waals surface area contributed by atoms with Crippen LogP contribution < -0.4 is 21.5 Å². The molecule has 0 amide bonds. The summed E-state index contributed by atoms with van der Waals surface area (Å²) in [5, 5.41) is 20.6. The summed E-state index contributed by atoms with van der Waals surface area (Å²) >= 11 is 10.8. The lowest BCUT2D eigenvalue weighted by atomic mass is 9.92. The molecular weight excluding hydrogens is 583 g/mol. The third-order valence-electron chi connectivity index (χ3n) is 5.87. The van der Waals surface area contributed by atoms with E-state index < -0.39 is 0 Å². The van der Waals surface area contributed by atoms with Gasteiger partial charge in [-0.25, -0.2) is 0 Å². The highest BCUT2D eigenvalue weighted by Crippen LogP contribution is 2.31. The number of benzene rings is 3. The van der Waals surface area contributed by atoms with Crippen molar-refractivity contribution in [1.29, 1.82) is 0 Å². The van der Waals surface area contributed by atoms with E-state index in [1.54, 1.807) is 0 Å². The van der Waals surface area contributed by atoms with E-state index in [9.17, 15) is 0 Å². The molecule has 0 heterocycles. The summed E-state index contributed by atoms with van der Waals surface area (Å²) in [5.41, 5.74) is 7.94. The van der Waals surface area contributed by atoms with Crippen molar-refractivity contribution >= 4 is 93.4 Å². The second kappa shape index (κ2) is 18.7. The molecule has 0 saturated carbocycles. The number of hydrogen-bond acceptors (Lipinski definition) is 6. The Morgan fingerprint density at radius 2 is 0.975 bits per heavy atom. The van der Waals surface area contributed by atoms with E-state index in [0.29, 0.717) is 10.2 Å². The normalized spacial score (nSPS) is 11.2. The van der Waals surface area contributed by atoms with Gasteiger partial charge < -0.3 is 20.4 Å². The van der Waals surface area contributed by atoms with Crippen LogP contribution in [0.25, 0.3) is 21.5 Å². The zero-order chi connectivity index (χ0) is 27.3. The second-order valence-corrected chi connectivity index (χ2v) is 10.3. The van der Waals surface area contributed by atoms with Gasteiger partial charge in [0.15, 0.2) is 10.2 Å². The number of halogens is 2. The molecule has 0 aromatic heterocycles. The molecule has 40 heavy (non-hydrogen) atoms. The monoisotopic (exact) mass is 622 g/mol. The maximum atomic E-state index is 5.38. The zero-order valence-electron chi connectivity index (χ0n) is 23.4. The first-order chi connectivity index (χ1) is 18.4. The Balaban J connectivity index is 0.00000400. The number of nitrogens with one attached hydrogen (secondary N) is 4. The van der Waals surface area contributed by atoms with E-state index in [2.05, 4.69) is 93.9 Å². The molecule has 0 radical (unpaired) electrons. The SMILES string of the molecule is CN(C)CCCNC(=S)N/N=C/c1c2ccccc2c(/C=N/NC(=S)NCCCN(C)C)c2ccccc12.Cl.Cl. The molecule has 0 aliphatic heterocycles. The average Bonchev–Trinajstić information content (AvgIpc) is 2.90. The van der Waals surface area contributed by atoms with Crippen molar-refractivity contribution in [1.82, 2.24) is 31.3 Å². The van der Waals surface area contributed by atoms with Gasteiger partial charge in [0, 0.05) is 24.2 Å². The van der Waals surface area contributed by atoms with Gasteiger partial charge in [-0.15, -0.1) is 24.8 Å². The fourth-order valence-corrected chi connectivity index (χ4v) is 4.37. The maximum Gasteiger partial charge on any atom is 0.186 e. The number of hydrazone groups is 2. The molecule has 4 N–H and O–H groups in total. The molecule has 0 bridgehead atoms. The number of fused-ring (bicyclic) bond motifs is 2. The fraction of sp³-hybridized carbons (Fsp3) is 0.357. The minimum Gasteiger partial charge on any atom is -0.361 e. The van der Waals surface area contributed by atoms with Crippen molar-refractivity contribution in [3.8, 4) is 0 Å². The van der Waals surface area contributed by atoms with Gasteiger partial charge in [0.2, 0.25) is 0 Å². The minimum absolute atomic E-state index is 0. The minimum atomic E-state index is 0. The number of hydrogen-bond donors (Lipinski definition) is 4. The quantitative estimate of drug-likeness (QED) is 0.0781. The molecule has 0 spiro atoms. The van der Waals surface area contributed by atoms with Gasteiger partial charge in [-0.3, -0.25) is 10.9 Å². The first kappa shape index (κ1) is 35.4. The van der Waals surface area contributed by atoms with Gasteiger partial charge in [0.1, 0.15) is 0 Å². The summed E-state index contributed by atoms with van der Waals surface area (Å²) in [4.78, 5) is 4.30. The van der Waals surface area contributed by atoms with Gasteiger partial charge in [-0.1, -0.05) is 48.5 Å². The highest BCUT2D eigenvalue weighted by molar-refractivity contribution is 7.80. The Bertz CT molecular complexity index is 1140. The van der Waals surface area contributed by atoms with E-state index in [1.807, 2.05) is 36.7 Å². The smallest absolute Gasteiger partial charge is 0.186 e. The molecule has 12 heteroatoms. The van der Waals surface area contributed by atoms with Crippen LogP contribution in [0.4, 0.5) is 0 Å². The Morgan fingerprint density at radius 3 is 1.27 bits per heavy atom. The van der Waals surface area contributed by atoms with Gasteiger partial charge in [0.05, 0.1) is 12.4 Å². The lowest BCUT2D eigenvalue weighted by Crippen LogP contribution is -2.33. The Labute approximate surface area is 260 Å². The van der Waals surface area contributed by atoms with Crippen LogP contribution in [0.15, 0.2) is 58.7 Å². The van der Waals surface area contributed by atoms with E-state index in [-0.39, 0.29) is 24.8 Å². The van der Waals surface area contributed by atoms with Gasteiger partial charge in [-0.05, 0) is 100 Å². The molecule has 3 aromatic carbocycles. The van der Waals surface area contributed by atoms with Crippen LogP contribution in [0, 0.1) is 0 Å². The molecule has 0 unspecified atom stereocenters. The van der Waals surface area contributed by atoms with Crippen LogP contribution in [-0.2, 0) is 0 Å². The predicted octanol–water partition coefficient (Wildman–Crippen LogP) is 4.34. The summed E-state index contributed by atoms with van der Waals surface area (Å²) in [5.74, 6) is 0. The highest BCUT2D eigenvalue weighted by Gasteiger charge is 2.11. The van der Waals surface area contributed by atoms with Gasteiger partial charge in [0.25, 0.3) is 0 Å². The van der Waals surface area contributed by atoms with Crippen molar-refractivity contribution in [2.45, 2.75) is 12.8 Å². The molecular formula is C28H40Cl2N8S2. The summed E-state index contributed by atoms with van der Waals surface area (Å²) in [6, 6.07) is 16.5. The fourth-order valence-electron chi connectivity index (χ4n) is 4.06. The standard InChI is InChI=1S/C28H38N8S2.2ClH/c1-35(2)17-9-15-29-27(37)33-31-19-25-21-11-5-7-13-23(21)26(24-14-8-6-12-22(24)25)20-32-34-28(38)30-16-10-18-36(3)4;;/h5-8,11-14,19-20H,9-10,15-18H2,1-4H3,(H2,29,33,37)(H2,30,34,38);2*1H/b31-19+,32-20+;;. The molecule has 0 saturated heterocycles. The van der Waals surface area contributed by atoms with Crippen molar-refractivity contribution in [2.24, 2.45) is 10.2 Å². The summed E-state index contributed by atoms with van der Waals surface area (Å²) in [6.45, 7) is 3.59. The molecule has 218 valence electrons. The van der Waals surface area contributed by atoms with Crippen LogP contribution in [-0.4, -0.2) is 86.8 Å². The predicted molar refractivity (Wildman–Crippen MR) is 185 cm³/mol. The Kier molecular flexibility index (Phi) is 16.6. The van der Waals surface area contributed by atoms with Crippen LogP contribution in [0.3, 0.4) is 0 Å². The summed E-state index contributed by atoms with van der Waals surface area (Å²) in [6.07, 6.45) is 5.68. The molecule has 3 aromatic rings. The number of rotatable bonds is 12. The van der Waals surface area contributed by atoms with Crippen LogP contribution in [0.1, 0.15) is 24.0 Å². The molecule has 3 rings (SSSR count). The number of nitrogens with zero attached hydrogens (tertiary/aromatic N) is 4. The van der Waals surface area contributed by atoms with Gasteiger partial charge >= 0.3 is 0 Å². The zero-order valence-corrected chi connectivity index (χ0v) is 26.7. The summed E-state index contributed by atoms with van der Waals surface area (Å²) < 4.78 is 0. The van der Waals surface area contributed by atoms with Crippen molar-refractivity contribution in [2.75, 3.05) is 54.4 Å². The van der Waals surface area contributed by atoms with Crippen LogP contribution >= 0.6 is 49.2 Å². The molecule has 0 atom stereocenters. The van der Waals surface area contributed by atoms with Crippen molar-refractivity contribution in [3.63, 3.8) is 0 Å². The van der Waals surface area contributed by atoms with E-state index in [4.69, 9.17) is 24.4 Å². The summed E-state index contributed by atoms with van der Waals surface area (Å²) in [7, 11) is 8.24. The largest absolute Gasteiger partial charge is 0.361 e. The first-order valence-electron chi connectivity index (χ1n) is 12.7.